The lowest BCUT2D eigenvalue weighted by atomic mass is 9.92. The molecule has 3 aromatic rings. The molecular formula is C18H18N2O. The Morgan fingerprint density at radius 2 is 1.95 bits per heavy atom. The minimum atomic E-state index is -0.116. The van der Waals surface area contributed by atoms with Gasteiger partial charge in [0.2, 0.25) is 0 Å². The van der Waals surface area contributed by atoms with Crippen molar-refractivity contribution < 1.29 is 4.74 Å². The fourth-order valence-corrected chi connectivity index (χ4v) is 2.93. The van der Waals surface area contributed by atoms with Crippen LogP contribution in [0.3, 0.4) is 0 Å². The SMILES string of the molecule is CC1(C)CCc2cccc(-c3nc4ccccc4[nH]3)c2O1. The molecule has 1 aromatic heterocycles. The van der Waals surface area contributed by atoms with Crippen molar-refractivity contribution in [3.63, 3.8) is 0 Å². The van der Waals surface area contributed by atoms with Gasteiger partial charge in [0.25, 0.3) is 0 Å². The van der Waals surface area contributed by atoms with E-state index in [9.17, 15) is 0 Å². The van der Waals surface area contributed by atoms with Crippen LogP contribution in [0.4, 0.5) is 0 Å². The van der Waals surface area contributed by atoms with Crippen LogP contribution in [0.5, 0.6) is 5.75 Å². The summed E-state index contributed by atoms with van der Waals surface area (Å²) in [6.07, 6.45) is 2.10. The third kappa shape index (κ3) is 2.09. The Hall–Kier alpha value is -2.29. The van der Waals surface area contributed by atoms with E-state index in [0.717, 1.165) is 41.0 Å². The first-order valence-electron chi connectivity index (χ1n) is 7.38. The van der Waals surface area contributed by atoms with Gasteiger partial charge < -0.3 is 9.72 Å². The van der Waals surface area contributed by atoms with Crippen molar-refractivity contribution in [3.05, 3.63) is 48.0 Å². The van der Waals surface area contributed by atoms with Crippen LogP contribution in [0, 0.1) is 0 Å². The smallest absolute Gasteiger partial charge is 0.142 e. The number of hydrogen-bond donors (Lipinski definition) is 1. The highest BCUT2D eigenvalue weighted by Crippen LogP contribution is 2.40. The molecule has 106 valence electrons. The van der Waals surface area contributed by atoms with Gasteiger partial charge >= 0.3 is 0 Å². The van der Waals surface area contributed by atoms with Crippen molar-refractivity contribution in [1.29, 1.82) is 0 Å². The summed E-state index contributed by atoms with van der Waals surface area (Å²) in [7, 11) is 0. The molecule has 0 atom stereocenters. The van der Waals surface area contributed by atoms with Crippen LogP contribution in [0.25, 0.3) is 22.4 Å². The van der Waals surface area contributed by atoms with E-state index in [-0.39, 0.29) is 5.60 Å². The Kier molecular flexibility index (Phi) is 2.58. The standard InChI is InChI=1S/C18H18N2O/c1-18(2)11-10-12-6-5-7-13(16(12)21-18)17-19-14-8-3-4-9-15(14)20-17/h3-9H,10-11H2,1-2H3,(H,19,20). The second-order valence-electron chi connectivity index (χ2n) is 6.26. The minimum Gasteiger partial charge on any atom is -0.487 e. The molecule has 0 radical (unpaired) electrons. The van der Waals surface area contributed by atoms with Crippen molar-refractivity contribution in [2.24, 2.45) is 0 Å². The summed E-state index contributed by atoms with van der Waals surface area (Å²) in [5.74, 6) is 1.86. The molecule has 0 aliphatic carbocycles. The van der Waals surface area contributed by atoms with Crippen LogP contribution in [0.1, 0.15) is 25.8 Å². The second-order valence-corrected chi connectivity index (χ2v) is 6.26. The van der Waals surface area contributed by atoms with Crippen molar-refractivity contribution in [1.82, 2.24) is 9.97 Å². The van der Waals surface area contributed by atoms with Gasteiger partial charge in [-0.25, -0.2) is 4.98 Å². The van der Waals surface area contributed by atoms with Crippen LogP contribution in [0.2, 0.25) is 0 Å². The highest BCUT2D eigenvalue weighted by molar-refractivity contribution is 5.81. The zero-order chi connectivity index (χ0) is 14.4. The first kappa shape index (κ1) is 12.5. The molecular weight excluding hydrogens is 260 g/mol. The summed E-state index contributed by atoms with van der Waals surface area (Å²) in [6, 6.07) is 14.4. The predicted molar refractivity (Wildman–Crippen MR) is 84.6 cm³/mol. The number of benzene rings is 2. The van der Waals surface area contributed by atoms with Gasteiger partial charge in [-0.1, -0.05) is 24.3 Å². The first-order chi connectivity index (χ1) is 10.1. The maximum atomic E-state index is 6.24. The largest absolute Gasteiger partial charge is 0.487 e. The zero-order valence-electron chi connectivity index (χ0n) is 12.3. The molecule has 1 aliphatic heterocycles. The van der Waals surface area contributed by atoms with Crippen molar-refractivity contribution >= 4 is 11.0 Å². The normalized spacial score (nSPS) is 16.5. The summed E-state index contributed by atoms with van der Waals surface area (Å²) in [6.45, 7) is 4.29. The van der Waals surface area contributed by atoms with Gasteiger partial charge in [0, 0.05) is 0 Å². The summed E-state index contributed by atoms with van der Waals surface area (Å²) in [5.41, 5.74) is 4.25. The Labute approximate surface area is 124 Å². The predicted octanol–water partition coefficient (Wildman–Crippen LogP) is 4.33. The number of aryl methyl sites for hydroxylation is 1. The average molecular weight is 278 g/mol. The lowest BCUT2D eigenvalue weighted by Crippen LogP contribution is -2.32. The summed E-state index contributed by atoms with van der Waals surface area (Å²) >= 11 is 0. The minimum absolute atomic E-state index is 0.116. The van der Waals surface area contributed by atoms with E-state index in [2.05, 4.69) is 37.0 Å². The van der Waals surface area contributed by atoms with E-state index < -0.39 is 0 Å². The Morgan fingerprint density at radius 1 is 1.10 bits per heavy atom. The molecule has 0 saturated carbocycles. The third-order valence-corrected chi connectivity index (χ3v) is 4.12. The molecule has 2 aromatic carbocycles. The number of para-hydroxylation sites is 3. The highest BCUT2D eigenvalue weighted by atomic mass is 16.5. The summed E-state index contributed by atoms with van der Waals surface area (Å²) < 4.78 is 6.24. The Balaban J connectivity index is 1.89. The molecule has 3 nitrogen and oxygen atoms in total. The van der Waals surface area contributed by atoms with Crippen molar-refractivity contribution in [3.8, 4) is 17.1 Å². The molecule has 1 aliphatic rings. The van der Waals surface area contributed by atoms with E-state index in [1.165, 1.54) is 5.56 Å². The molecule has 0 spiro atoms. The number of rotatable bonds is 1. The molecule has 0 saturated heterocycles. The molecule has 21 heavy (non-hydrogen) atoms. The van der Waals surface area contributed by atoms with E-state index >= 15 is 0 Å². The van der Waals surface area contributed by atoms with Gasteiger partial charge in [-0.05, 0) is 50.5 Å². The molecule has 2 heterocycles. The molecule has 0 amide bonds. The van der Waals surface area contributed by atoms with Gasteiger partial charge in [0.15, 0.2) is 0 Å². The van der Waals surface area contributed by atoms with Crippen LogP contribution < -0.4 is 4.74 Å². The number of imidazole rings is 1. The van der Waals surface area contributed by atoms with Gasteiger partial charge in [-0.15, -0.1) is 0 Å². The topological polar surface area (TPSA) is 37.9 Å². The number of nitrogens with zero attached hydrogens (tertiary/aromatic N) is 1. The number of aromatic amines is 1. The third-order valence-electron chi connectivity index (χ3n) is 4.12. The number of nitrogens with one attached hydrogen (secondary N) is 1. The highest BCUT2D eigenvalue weighted by Gasteiger charge is 2.29. The fraction of sp³-hybridized carbons (Fsp3) is 0.278. The molecule has 0 unspecified atom stereocenters. The lowest BCUT2D eigenvalue weighted by molar-refractivity contribution is 0.0854. The van der Waals surface area contributed by atoms with Gasteiger partial charge in [-0.3, -0.25) is 0 Å². The summed E-state index contributed by atoms with van der Waals surface area (Å²) in [5, 5.41) is 0. The van der Waals surface area contributed by atoms with Crippen LogP contribution >= 0.6 is 0 Å². The van der Waals surface area contributed by atoms with Gasteiger partial charge in [0.1, 0.15) is 17.2 Å². The first-order valence-corrected chi connectivity index (χ1v) is 7.38. The van der Waals surface area contributed by atoms with E-state index in [0.29, 0.717) is 0 Å². The number of ether oxygens (including phenoxy) is 1. The molecule has 4 rings (SSSR count). The van der Waals surface area contributed by atoms with Crippen LogP contribution in [-0.2, 0) is 6.42 Å². The maximum absolute atomic E-state index is 6.24. The van der Waals surface area contributed by atoms with Crippen molar-refractivity contribution in [2.75, 3.05) is 0 Å². The Morgan fingerprint density at radius 3 is 2.81 bits per heavy atom. The molecule has 0 bridgehead atoms. The van der Waals surface area contributed by atoms with Crippen LogP contribution in [-0.4, -0.2) is 15.6 Å². The maximum Gasteiger partial charge on any atom is 0.142 e. The quantitative estimate of drug-likeness (QED) is 0.719. The van der Waals surface area contributed by atoms with Gasteiger partial charge in [0.05, 0.1) is 16.6 Å². The van der Waals surface area contributed by atoms with Crippen molar-refractivity contribution in [2.45, 2.75) is 32.3 Å². The molecule has 0 fully saturated rings. The van der Waals surface area contributed by atoms with E-state index in [1.54, 1.807) is 0 Å². The second kappa shape index (κ2) is 4.35. The fourth-order valence-electron chi connectivity index (χ4n) is 2.93. The van der Waals surface area contributed by atoms with E-state index in [1.807, 2.05) is 24.3 Å². The van der Waals surface area contributed by atoms with E-state index in [4.69, 9.17) is 9.72 Å². The zero-order valence-corrected chi connectivity index (χ0v) is 12.3. The number of aromatic nitrogens is 2. The average Bonchev–Trinajstić information content (AvgIpc) is 2.89. The van der Waals surface area contributed by atoms with Crippen LogP contribution in [0.15, 0.2) is 42.5 Å². The number of H-pyrrole nitrogens is 1. The lowest BCUT2D eigenvalue weighted by Gasteiger charge is -2.33. The number of hydrogen-bond acceptors (Lipinski definition) is 2. The monoisotopic (exact) mass is 278 g/mol. The Bertz CT molecular complexity index is 784. The molecule has 1 N–H and O–H groups in total. The number of fused-ring (bicyclic) bond motifs is 2. The van der Waals surface area contributed by atoms with Gasteiger partial charge in [-0.2, -0.15) is 0 Å². The summed E-state index contributed by atoms with van der Waals surface area (Å²) in [4.78, 5) is 8.10. The molecule has 3 heteroatoms.